The number of rotatable bonds is 6. The van der Waals surface area contributed by atoms with Crippen LogP contribution >= 0.6 is 0 Å². The van der Waals surface area contributed by atoms with Gasteiger partial charge >= 0.3 is 11.9 Å². The number of methoxy groups -OCH3 is 1. The Morgan fingerprint density at radius 3 is 2.25 bits per heavy atom. The molecular formula is C12H22O4. The largest absolute Gasteiger partial charge is 0.469 e. The van der Waals surface area contributed by atoms with Crippen molar-refractivity contribution in [2.75, 3.05) is 13.7 Å². The van der Waals surface area contributed by atoms with Crippen molar-refractivity contribution in [3.05, 3.63) is 0 Å². The van der Waals surface area contributed by atoms with Crippen LogP contribution in [0.2, 0.25) is 0 Å². The molecule has 4 nitrogen and oxygen atoms in total. The average Bonchev–Trinajstić information content (AvgIpc) is 2.27. The van der Waals surface area contributed by atoms with Crippen LogP contribution in [0.3, 0.4) is 0 Å². The lowest BCUT2D eigenvalue weighted by molar-refractivity contribution is -0.157. The summed E-state index contributed by atoms with van der Waals surface area (Å²) in [7, 11) is 1.35. The Balaban J connectivity index is 4.59. The minimum atomic E-state index is -0.608. The zero-order valence-electron chi connectivity index (χ0n) is 10.8. The molecular weight excluding hydrogens is 208 g/mol. The van der Waals surface area contributed by atoms with Crippen molar-refractivity contribution in [2.24, 2.45) is 11.3 Å². The van der Waals surface area contributed by atoms with E-state index in [4.69, 9.17) is 4.74 Å². The number of carbonyl (C=O) groups excluding carboxylic acids is 2. The second-order valence-corrected chi connectivity index (χ2v) is 4.26. The molecule has 0 aromatic heterocycles. The van der Waals surface area contributed by atoms with E-state index in [-0.39, 0.29) is 17.9 Å². The normalized spacial score (nSPS) is 16.1. The van der Waals surface area contributed by atoms with Gasteiger partial charge in [-0.15, -0.1) is 0 Å². The highest BCUT2D eigenvalue weighted by atomic mass is 16.5. The summed E-state index contributed by atoms with van der Waals surface area (Å²) in [5.74, 6) is -0.823. The summed E-state index contributed by atoms with van der Waals surface area (Å²) in [6, 6.07) is 0. The molecule has 0 aliphatic heterocycles. The standard InChI is InChI=1S/C12H22O4/c1-6-12(4,11(14)16-7-2)8-9(3)10(13)15-5/h9H,6-8H2,1-5H3. The SMILES string of the molecule is CCOC(=O)C(C)(CC)CC(C)C(=O)OC. The number of hydrogen-bond acceptors (Lipinski definition) is 4. The van der Waals surface area contributed by atoms with Crippen molar-refractivity contribution in [1.29, 1.82) is 0 Å². The van der Waals surface area contributed by atoms with Gasteiger partial charge in [0.25, 0.3) is 0 Å². The molecule has 0 saturated heterocycles. The quantitative estimate of drug-likeness (QED) is 0.656. The first-order chi connectivity index (χ1) is 7.41. The molecule has 0 fully saturated rings. The van der Waals surface area contributed by atoms with Gasteiger partial charge in [0, 0.05) is 0 Å². The Labute approximate surface area is 97.3 Å². The molecule has 0 aliphatic rings. The molecule has 2 atom stereocenters. The van der Waals surface area contributed by atoms with Crippen LogP contribution in [0.15, 0.2) is 0 Å². The summed E-state index contributed by atoms with van der Waals surface area (Å²) < 4.78 is 9.67. The van der Waals surface area contributed by atoms with Crippen LogP contribution in [0.4, 0.5) is 0 Å². The van der Waals surface area contributed by atoms with Crippen LogP contribution in [-0.4, -0.2) is 25.7 Å². The summed E-state index contributed by atoms with van der Waals surface area (Å²) in [5.41, 5.74) is -0.608. The fourth-order valence-electron chi connectivity index (χ4n) is 1.64. The van der Waals surface area contributed by atoms with Crippen LogP contribution < -0.4 is 0 Å². The second-order valence-electron chi connectivity index (χ2n) is 4.26. The molecule has 0 aromatic rings. The van der Waals surface area contributed by atoms with Gasteiger partial charge in [0.15, 0.2) is 0 Å². The predicted molar refractivity (Wildman–Crippen MR) is 60.8 cm³/mol. The van der Waals surface area contributed by atoms with E-state index in [1.807, 2.05) is 13.8 Å². The average molecular weight is 230 g/mol. The molecule has 0 heterocycles. The van der Waals surface area contributed by atoms with Gasteiger partial charge in [0.1, 0.15) is 0 Å². The predicted octanol–water partition coefficient (Wildman–Crippen LogP) is 2.17. The minimum Gasteiger partial charge on any atom is -0.469 e. The highest BCUT2D eigenvalue weighted by Crippen LogP contribution is 2.31. The Bertz CT molecular complexity index is 249. The van der Waals surface area contributed by atoms with E-state index in [9.17, 15) is 9.59 Å². The van der Waals surface area contributed by atoms with Gasteiger partial charge in [-0.1, -0.05) is 13.8 Å². The maximum atomic E-state index is 11.8. The number of carbonyl (C=O) groups is 2. The summed E-state index contributed by atoms with van der Waals surface area (Å²) >= 11 is 0. The van der Waals surface area contributed by atoms with Gasteiger partial charge in [-0.3, -0.25) is 9.59 Å². The van der Waals surface area contributed by atoms with Crippen LogP contribution in [0.25, 0.3) is 0 Å². The van der Waals surface area contributed by atoms with Crippen molar-refractivity contribution in [3.63, 3.8) is 0 Å². The van der Waals surface area contributed by atoms with Crippen LogP contribution in [0, 0.1) is 11.3 Å². The van der Waals surface area contributed by atoms with Crippen molar-refractivity contribution in [2.45, 2.75) is 40.5 Å². The van der Waals surface area contributed by atoms with E-state index >= 15 is 0 Å². The third kappa shape index (κ3) is 3.83. The Hall–Kier alpha value is -1.06. The van der Waals surface area contributed by atoms with Gasteiger partial charge in [-0.2, -0.15) is 0 Å². The second kappa shape index (κ2) is 6.51. The number of esters is 2. The fraction of sp³-hybridized carbons (Fsp3) is 0.833. The molecule has 0 aliphatic carbocycles. The lowest BCUT2D eigenvalue weighted by Crippen LogP contribution is -2.33. The Kier molecular flexibility index (Phi) is 6.08. The van der Waals surface area contributed by atoms with Crippen LogP contribution in [0.5, 0.6) is 0 Å². The Morgan fingerprint density at radius 2 is 1.88 bits per heavy atom. The highest BCUT2D eigenvalue weighted by molar-refractivity contribution is 5.78. The van der Waals surface area contributed by atoms with E-state index in [0.717, 1.165) is 0 Å². The summed E-state index contributed by atoms with van der Waals surface area (Å²) in [4.78, 5) is 23.1. The van der Waals surface area contributed by atoms with Crippen molar-refractivity contribution >= 4 is 11.9 Å². The van der Waals surface area contributed by atoms with Gasteiger partial charge in [-0.25, -0.2) is 0 Å². The minimum absolute atomic E-state index is 0.242. The monoisotopic (exact) mass is 230 g/mol. The molecule has 0 rings (SSSR count). The van der Waals surface area contributed by atoms with E-state index in [2.05, 4.69) is 4.74 Å². The zero-order chi connectivity index (χ0) is 12.8. The molecule has 0 bridgehead atoms. The first-order valence-corrected chi connectivity index (χ1v) is 5.66. The third-order valence-corrected chi connectivity index (χ3v) is 2.91. The topological polar surface area (TPSA) is 52.6 Å². The van der Waals surface area contributed by atoms with Crippen molar-refractivity contribution in [3.8, 4) is 0 Å². The van der Waals surface area contributed by atoms with Crippen LogP contribution in [-0.2, 0) is 19.1 Å². The first-order valence-electron chi connectivity index (χ1n) is 5.66. The number of hydrogen-bond donors (Lipinski definition) is 0. The molecule has 4 heteroatoms. The lowest BCUT2D eigenvalue weighted by Gasteiger charge is -2.27. The summed E-state index contributed by atoms with van der Waals surface area (Å²) in [6.45, 7) is 7.64. The van der Waals surface area contributed by atoms with Gasteiger partial charge in [0.05, 0.1) is 25.0 Å². The summed E-state index contributed by atoms with van der Waals surface area (Å²) in [5, 5.41) is 0. The molecule has 0 spiro atoms. The molecule has 0 aromatic carbocycles. The van der Waals surface area contributed by atoms with Gasteiger partial charge < -0.3 is 9.47 Å². The molecule has 0 radical (unpaired) electrons. The van der Waals surface area contributed by atoms with Gasteiger partial charge in [0.2, 0.25) is 0 Å². The number of ether oxygens (including phenoxy) is 2. The molecule has 16 heavy (non-hydrogen) atoms. The smallest absolute Gasteiger partial charge is 0.311 e. The van der Waals surface area contributed by atoms with E-state index in [0.29, 0.717) is 19.4 Å². The molecule has 0 saturated carbocycles. The van der Waals surface area contributed by atoms with Crippen molar-refractivity contribution < 1.29 is 19.1 Å². The van der Waals surface area contributed by atoms with Gasteiger partial charge in [-0.05, 0) is 26.7 Å². The van der Waals surface area contributed by atoms with E-state index in [1.165, 1.54) is 7.11 Å². The third-order valence-electron chi connectivity index (χ3n) is 2.91. The molecule has 94 valence electrons. The van der Waals surface area contributed by atoms with Crippen LogP contribution in [0.1, 0.15) is 40.5 Å². The lowest BCUT2D eigenvalue weighted by atomic mass is 9.79. The van der Waals surface area contributed by atoms with Crippen molar-refractivity contribution in [1.82, 2.24) is 0 Å². The maximum absolute atomic E-state index is 11.8. The fourth-order valence-corrected chi connectivity index (χ4v) is 1.64. The first kappa shape index (κ1) is 14.9. The van der Waals surface area contributed by atoms with E-state index < -0.39 is 5.41 Å². The van der Waals surface area contributed by atoms with E-state index in [1.54, 1.807) is 13.8 Å². The Morgan fingerprint density at radius 1 is 1.31 bits per heavy atom. The molecule has 0 N–H and O–H groups in total. The zero-order valence-corrected chi connectivity index (χ0v) is 10.8. The maximum Gasteiger partial charge on any atom is 0.311 e. The highest BCUT2D eigenvalue weighted by Gasteiger charge is 2.36. The summed E-state index contributed by atoms with van der Waals surface area (Å²) in [6.07, 6.45) is 1.10. The molecule has 2 unspecified atom stereocenters. The molecule has 0 amide bonds.